The molecule has 0 aromatic heterocycles. The second-order valence-corrected chi connectivity index (χ2v) is 3.59. The Labute approximate surface area is 98.1 Å². The van der Waals surface area contributed by atoms with Crippen molar-refractivity contribution < 1.29 is 9.53 Å². The Morgan fingerprint density at radius 2 is 1.93 bits per heavy atom. The van der Waals surface area contributed by atoms with Gasteiger partial charge in [-0.25, -0.2) is 0 Å². The van der Waals surface area contributed by atoms with Crippen LogP contribution < -0.4 is 0 Å². The number of esters is 1. The Bertz CT molecular complexity index is 410. The van der Waals surface area contributed by atoms with E-state index < -0.39 is 0 Å². The third-order valence-corrected chi connectivity index (χ3v) is 1.99. The van der Waals surface area contributed by atoms with E-state index in [1.54, 1.807) is 18.2 Å². The van der Waals surface area contributed by atoms with E-state index in [0.29, 0.717) is 15.6 Å². The maximum absolute atomic E-state index is 10.8. The Morgan fingerprint density at radius 3 is 2.47 bits per heavy atom. The van der Waals surface area contributed by atoms with Gasteiger partial charge in [-0.05, 0) is 18.2 Å². The van der Waals surface area contributed by atoms with E-state index >= 15 is 0 Å². The summed E-state index contributed by atoms with van der Waals surface area (Å²) < 4.78 is 4.44. The van der Waals surface area contributed by atoms with Gasteiger partial charge < -0.3 is 4.74 Å². The quantitative estimate of drug-likeness (QED) is 0.560. The van der Waals surface area contributed by atoms with Gasteiger partial charge in [0, 0.05) is 15.6 Å². The Morgan fingerprint density at radius 1 is 1.33 bits per heavy atom. The summed E-state index contributed by atoms with van der Waals surface area (Å²) >= 11 is 11.6. The summed E-state index contributed by atoms with van der Waals surface area (Å²) in [6, 6.07) is 4.98. The highest BCUT2D eigenvalue weighted by Crippen LogP contribution is 2.18. The van der Waals surface area contributed by atoms with E-state index in [0.717, 1.165) is 0 Å². The Kier molecular flexibility index (Phi) is 4.48. The van der Waals surface area contributed by atoms with Crippen LogP contribution in [0.1, 0.15) is 12.0 Å². The third kappa shape index (κ3) is 4.24. The van der Waals surface area contributed by atoms with Gasteiger partial charge in [-0.1, -0.05) is 35.0 Å². The first kappa shape index (κ1) is 11.9. The van der Waals surface area contributed by atoms with Crippen LogP contribution in [0.25, 0.3) is 0 Å². The van der Waals surface area contributed by atoms with Gasteiger partial charge in [-0.2, -0.15) is 0 Å². The minimum Gasteiger partial charge on any atom is -0.468 e. The highest BCUT2D eigenvalue weighted by atomic mass is 35.5. The van der Waals surface area contributed by atoms with Crippen LogP contribution in [0.15, 0.2) is 18.2 Å². The van der Waals surface area contributed by atoms with Crippen LogP contribution in [-0.2, 0) is 9.53 Å². The van der Waals surface area contributed by atoms with Crippen LogP contribution in [0, 0.1) is 11.8 Å². The lowest BCUT2D eigenvalue weighted by Gasteiger charge is -1.94. The van der Waals surface area contributed by atoms with Crippen molar-refractivity contribution in [2.24, 2.45) is 0 Å². The van der Waals surface area contributed by atoms with E-state index in [1.165, 1.54) is 7.11 Å². The van der Waals surface area contributed by atoms with Gasteiger partial charge >= 0.3 is 5.97 Å². The zero-order valence-corrected chi connectivity index (χ0v) is 9.52. The van der Waals surface area contributed by atoms with E-state index in [4.69, 9.17) is 23.2 Å². The lowest BCUT2D eigenvalue weighted by atomic mass is 10.2. The topological polar surface area (TPSA) is 26.3 Å². The van der Waals surface area contributed by atoms with Gasteiger partial charge in [0.1, 0.15) is 6.42 Å². The molecule has 0 amide bonds. The summed E-state index contributed by atoms with van der Waals surface area (Å²) in [5, 5.41) is 1.04. The lowest BCUT2D eigenvalue weighted by molar-refractivity contribution is -0.139. The van der Waals surface area contributed by atoms with E-state index in [2.05, 4.69) is 16.6 Å². The second kappa shape index (κ2) is 5.65. The molecule has 78 valence electrons. The molecule has 0 heterocycles. The van der Waals surface area contributed by atoms with Crippen molar-refractivity contribution in [1.29, 1.82) is 0 Å². The summed E-state index contributed by atoms with van der Waals surface area (Å²) in [7, 11) is 1.32. The predicted octanol–water partition coefficient (Wildman–Crippen LogP) is 2.91. The predicted molar refractivity (Wildman–Crippen MR) is 60.0 cm³/mol. The molecule has 1 rings (SSSR count). The van der Waals surface area contributed by atoms with Crippen molar-refractivity contribution in [2.75, 3.05) is 7.11 Å². The van der Waals surface area contributed by atoms with Crippen LogP contribution in [0.3, 0.4) is 0 Å². The zero-order chi connectivity index (χ0) is 11.3. The molecule has 0 fully saturated rings. The van der Waals surface area contributed by atoms with Crippen molar-refractivity contribution in [2.45, 2.75) is 6.42 Å². The van der Waals surface area contributed by atoms with Crippen molar-refractivity contribution in [3.8, 4) is 11.8 Å². The average molecular weight is 243 g/mol. The van der Waals surface area contributed by atoms with Gasteiger partial charge in [0.15, 0.2) is 0 Å². The average Bonchev–Trinajstić information content (AvgIpc) is 2.16. The maximum Gasteiger partial charge on any atom is 0.317 e. The first-order valence-electron chi connectivity index (χ1n) is 4.13. The number of halogens is 2. The fourth-order valence-electron chi connectivity index (χ4n) is 0.917. The molecule has 1 aromatic carbocycles. The van der Waals surface area contributed by atoms with Crippen molar-refractivity contribution in [3.63, 3.8) is 0 Å². The normalized spacial score (nSPS) is 9.00. The van der Waals surface area contributed by atoms with Gasteiger partial charge in [-0.15, -0.1) is 0 Å². The molecule has 0 radical (unpaired) electrons. The van der Waals surface area contributed by atoms with Gasteiger partial charge in [0.2, 0.25) is 0 Å². The molecular weight excluding hydrogens is 235 g/mol. The molecule has 15 heavy (non-hydrogen) atoms. The molecule has 0 unspecified atom stereocenters. The molecular formula is C11H8Cl2O2. The molecule has 0 aliphatic rings. The molecule has 0 aliphatic carbocycles. The van der Waals surface area contributed by atoms with Crippen LogP contribution >= 0.6 is 23.2 Å². The number of benzene rings is 1. The fourth-order valence-corrected chi connectivity index (χ4v) is 1.44. The Hall–Kier alpha value is -1.17. The highest BCUT2D eigenvalue weighted by molar-refractivity contribution is 6.34. The second-order valence-electron chi connectivity index (χ2n) is 2.71. The molecule has 0 N–H and O–H groups in total. The number of hydrogen-bond donors (Lipinski definition) is 0. The minimum absolute atomic E-state index is 0.0562. The van der Waals surface area contributed by atoms with Crippen molar-refractivity contribution >= 4 is 29.2 Å². The number of methoxy groups -OCH3 is 1. The molecule has 0 spiro atoms. The van der Waals surface area contributed by atoms with Gasteiger partial charge in [0.05, 0.1) is 7.11 Å². The zero-order valence-electron chi connectivity index (χ0n) is 8.01. The van der Waals surface area contributed by atoms with E-state index in [-0.39, 0.29) is 12.4 Å². The van der Waals surface area contributed by atoms with Crippen molar-refractivity contribution in [3.05, 3.63) is 33.8 Å². The largest absolute Gasteiger partial charge is 0.468 e. The SMILES string of the molecule is COC(=O)CC#Cc1cc(Cl)cc(Cl)c1. The fraction of sp³-hybridized carbons (Fsp3) is 0.182. The van der Waals surface area contributed by atoms with E-state index in [1.807, 2.05) is 0 Å². The number of hydrogen-bond acceptors (Lipinski definition) is 2. The molecule has 0 saturated heterocycles. The number of ether oxygens (including phenoxy) is 1. The summed E-state index contributed by atoms with van der Waals surface area (Å²) in [5.41, 5.74) is 0.677. The molecule has 1 aromatic rings. The standard InChI is InChI=1S/C11H8Cl2O2/c1-15-11(14)4-2-3-8-5-9(12)7-10(13)6-8/h5-7H,4H2,1H3. The van der Waals surface area contributed by atoms with Crippen LogP contribution in [0.2, 0.25) is 10.0 Å². The van der Waals surface area contributed by atoms with Crippen LogP contribution in [0.4, 0.5) is 0 Å². The third-order valence-electron chi connectivity index (χ3n) is 1.56. The number of rotatable bonds is 1. The molecule has 2 nitrogen and oxygen atoms in total. The summed E-state index contributed by atoms with van der Waals surface area (Å²) in [6.45, 7) is 0. The molecule has 0 atom stereocenters. The smallest absolute Gasteiger partial charge is 0.317 e. The first-order chi connectivity index (χ1) is 7.11. The molecule has 0 bridgehead atoms. The van der Waals surface area contributed by atoms with Crippen molar-refractivity contribution in [1.82, 2.24) is 0 Å². The summed E-state index contributed by atoms with van der Waals surface area (Å²) in [5.74, 6) is 5.07. The maximum atomic E-state index is 10.8. The number of carbonyl (C=O) groups is 1. The lowest BCUT2D eigenvalue weighted by Crippen LogP contribution is -1.96. The molecule has 0 saturated carbocycles. The molecule has 4 heteroatoms. The highest BCUT2D eigenvalue weighted by Gasteiger charge is 1.96. The summed E-state index contributed by atoms with van der Waals surface area (Å²) in [4.78, 5) is 10.8. The summed E-state index contributed by atoms with van der Waals surface area (Å²) in [6.07, 6.45) is 0.0562. The van der Waals surface area contributed by atoms with Gasteiger partial charge in [0.25, 0.3) is 0 Å². The van der Waals surface area contributed by atoms with Gasteiger partial charge in [-0.3, -0.25) is 4.79 Å². The minimum atomic E-state index is -0.365. The first-order valence-corrected chi connectivity index (χ1v) is 4.89. The number of carbonyl (C=O) groups excluding carboxylic acids is 1. The monoisotopic (exact) mass is 242 g/mol. The Balaban J connectivity index is 2.75. The van der Waals surface area contributed by atoms with E-state index in [9.17, 15) is 4.79 Å². The molecule has 0 aliphatic heterocycles. The van der Waals surface area contributed by atoms with Crippen LogP contribution in [-0.4, -0.2) is 13.1 Å². The van der Waals surface area contributed by atoms with Crippen LogP contribution in [0.5, 0.6) is 0 Å².